The monoisotopic (exact) mass is 188 g/mol. The number of amides is 1. The van der Waals surface area contributed by atoms with Gasteiger partial charge in [0.05, 0.1) is 6.61 Å². The van der Waals surface area contributed by atoms with Crippen LogP contribution in [0.4, 0.5) is 0 Å². The van der Waals surface area contributed by atoms with Gasteiger partial charge in [-0.25, -0.2) is 0 Å². The van der Waals surface area contributed by atoms with E-state index in [9.17, 15) is 4.79 Å². The minimum absolute atomic E-state index is 0.111. The second kappa shape index (κ2) is 8.01. The van der Waals surface area contributed by atoms with E-state index >= 15 is 0 Å². The summed E-state index contributed by atoms with van der Waals surface area (Å²) < 4.78 is 4.93. The molecular formula is C9H20N2O2. The Morgan fingerprint density at radius 2 is 2.15 bits per heavy atom. The number of methoxy groups -OCH3 is 1. The molecule has 13 heavy (non-hydrogen) atoms. The summed E-state index contributed by atoms with van der Waals surface area (Å²) in [6.07, 6.45) is 0.557. The van der Waals surface area contributed by atoms with E-state index in [0.717, 1.165) is 19.7 Å². The highest BCUT2D eigenvalue weighted by atomic mass is 16.5. The molecule has 78 valence electrons. The average Bonchev–Trinajstić information content (AvgIpc) is 2.14. The molecule has 0 aromatic rings. The second-order valence-electron chi connectivity index (χ2n) is 3.00. The zero-order valence-electron chi connectivity index (χ0n) is 8.80. The van der Waals surface area contributed by atoms with E-state index in [1.54, 1.807) is 7.11 Å². The van der Waals surface area contributed by atoms with Crippen LogP contribution in [-0.2, 0) is 9.53 Å². The Morgan fingerprint density at radius 1 is 1.46 bits per heavy atom. The largest absolute Gasteiger partial charge is 0.383 e. The van der Waals surface area contributed by atoms with Gasteiger partial charge in [-0.05, 0) is 7.05 Å². The van der Waals surface area contributed by atoms with Crippen molar-refractivity contribution in [3.63, 3.8) is 0 Å². The number of ether oxygens (including phenoxy) is 1. The summed E-state index contributed by atoms with van der Waals surface area (Å²) in [5.41, 5.74) is 0. The Kier molecular flexibility index (Phi) is 7.63. The number of hydrogen-bond acceptors (Lipinski definition) is 3. The number of rotatable bonds is 7. The number of nitrogens with one attached hydrogen (secondary N) is 1. The predicted octanol–water partition coefficient (Wildman–Crippen LogP) is 0.0908. The lowest BCUT2D eigenvalue weighted by Crippen LogP contribution is -2.34. The topological polar surface area (TPSA) is 41.6 Å². The molecule has 0 aliphatic carbocycles. The van der Waals surface area contributed by atoms with Crippen molar-refractivity contribution in [2.45, 2.75) is 13.3 Å². The lowest BCUT2D eigenvalue weighted by molar-refractivity contribution is -0.120. The molecule has 4 heteroatoms. The summed E-state index contributed by atoms with van der Waals surface area (Å²) in [4.78, 5) is 13.0. The van der Waals surface area contributed by atoms with Crippen LogP contribution in [0.2, 0.25) is 0 Å². The molecule has 4 nitrogen and oxygen atoms in total. The van der Waals surface area contributed by atoms with Crippen LogP contribution in [0, 0.1) is 0 Å². The first-order chi connectivity index (χ1) is 6.20. The molecule has 0 unspecified atom stereocenters. The van der Waals surface area contributed by atoms with Crippen LogP contribution in [0.3, 0.4) is 0 Å². The smallest absolute Gasteiger partial charge is 0.219 e. The second-order valence-corrected chi connectivity index (χ2v) is 3.00. The third-order valence-corrected chi connectivity index (χ3v) is 1.81. The van der Waals surface area contributed by atoms with Gasteiger partial charge < -0.3 is 15.0 Å². The van der Waals surface area contributed by atoms with Gasteiger partial charge in [-0.2, -0.15) is 0 Å². The van der Waals surface area contributed by atoms with Crippen molar-refractivity contribution in [3.05, 3.63) is 0 Å². The van der Waals surface area contributed by atoms with Crippen molar-refractivity contribution in [3.8, 4) is 0 Å². The van der Waals surface area contributed by atoms with Gasteiger partial charge in [0, 0.05) is 33.2 Å². The highest BCUT2D eigenvalue weighted by Gasteiger charge is 1.98. The van der Waals surface area contributed by atoms with Crippen LogP contribution in [0.5, 0.6) is 0 Å². The molecule has 0 fully saturated rings. The van der Waals surface area contributed by atoms with Crippen molar-refractivity contribution in [1.29, 1.82) is 0 Å². The number of carbonyl (C=O) groups is 1. The van der Waals surface area contributed by atoms with Crippen LogP contribution in [-0.4, -0.2) is 51.2 Å². The first kappa shape index (κ1) is 12.4. The van der Waals surface area contributed by atoms with Crippen molar-refractivity contribution in [2.75, 3.05) is 40.4 Å². The quantitative estimate of drug-likeness (QED) is 0.615. The van der Waals surface area contributed by atoms with E-state index < -0.39 is 0 Å². The summed E-state index contributed by atoms with van der Waals surface area (Å²) in [6.45, 7) is 5.07. The van der Waals surface area contributed by atoms with Crippen molar-refractivity contribution >= 4 is 5.91 Å². The van der Waals surface area contributed by atoms with E-state index in [4.69, 9.17) is 4.74 Å². The zero-order chi connectivity index (χ0) is 10.1. The molecule has 0 aromatic heterocycles. The van der Waals surface area contributed by atoms with Gasteiger partial charge in [0.15, 0.2) is 0 Å². The Bertz CT molecular complexity index is 140. The summed E-state index contributed by atoms with van der Waals surface area (Å²) in [5, 5.41) is 2.82. The lowest BCUT2D eigenvalue weighted by atomic mass is 10.4. The van der Waals surface area contributed by atoms with Crippen molar-refractivity contribution in [1.82, 2.24) is 10.2 Å². The fraction of sp³-hybridized carbons (Fsp3) is 0.889. The fourth-order valence-electron chi connectivity index (χ4n) is 0.870. The number of likely N-dealkylation sites (N-methyl/N-ethyl adjacent to an activating group) is 1. The molecule has 0 saturated carbocycles. The molecular weight excluding hydrogens is 168 g/mol. The summed E-state index contributed by atoms with van der Waals surface area (Å²) in [6, 6.07) is 0. The van der Waals surface area contributed by atoms with E-state index in [1.165, 1.54) is 0 Å². The maximum absolute atomic E-state index is 10.9. The molecule has 1 amide bonds. The Hall–Kier alpha value is -0.610. The van der Waals surface area contributed by atoms with E-state index in [1.807, 2.05) is 14.0 Å². The third kappa shape index (κ3) is 7.74. The minimum Gasteiger partial charge on any atom is -0.383 e. The molecule has 0 spiro atoms. The molecule has 0 aliphatic heterocycles. The van der Waals surface area contributed by atoms with Crippen LogP contribution < -0.4 is 5.32 Å². The van der Waals surface area contributed by atoms with E-state index in [-0.39, 0.29) is 5.91 Å². The summed E-state index contributed by atoms with van der Waals surface area (Å²) in [7, 11) is 3.70. The molecule has 1 N–H and O–H groups in total. The normalized spacial score (nSPS) is 10.5. The van der Waals surface area contributed by atoms with Crippen molar-refractivity contribution < 1.29 is 9.53 Å². The molecule has 0 aliphatic rings. The maximum Gasteiger partial charge on any atom is 0.219 e. The number of hydrogen-bond donors (Lipinski definition) is 1. The van der Waals surface area contributed by atoms with Gasteiger partial charge in [0.1, 0.15) is 0 Å². The average molecular weight is 188 g/mol. The summed E-state index contributed by atoms with van der Waals surface area (Å²) >= 11 is 0. The van der Waals surface area contributed by atoms with Gasteiger partial charge in [-0.15, -0.1) is 0 Å². The van der Waals surface area contributed by atoms with Gasteiger partial charge in [-0.3, -0.25) is 4.79 Å². The standard InChI is InChI=1S/C9H20N2O2/c1-4-9(12)10-5-6-11(2)7-8-13-3/h4-8H2,1-3H3,(H,10,12). The van der Waals surface area contributed by atoms with E-state index in [0.29, 0.717) is 13.0 Å². The van der Waals surface area contributed by atoms with Crippen molar-refractivity contribution in [2.24, 2.45) is 0 Å². The maximum atomic E-state index is 10.9. The van der Waals surface area contributed by atoms with Gasteiger partial charge in [-0.1, -0.05) is 6.92 Å². The van der Waals surface area contributed by atoms with Crippen LogP contribution in [0.25, 0.3) is 0 Å². The molecule has 0 bridgehead atoms. The molecule has 0 atom stereocenters. The minimum atomic E-state index is 0.111. The fourth-order valence-corrected chi connectivity index (χ4v) is 0.870. The van der Waals surface area contributed by atoms with Gasteiger partial charge in [0.2, 0.25) is 5.91 Å². The zero-order valence-corrected chi connectivity index (χ0v) is 8.80. The molecule has 0 aromatic carbocycles. The molecule has 0 radical (unpaired) electrons. The van der Waals surface area contributed by atoms with Crippen LogP contribution in [0.1, 0.15) is 13.3 Å². The predicted molar refractivity (Wildman–Crippen MR) is 52.7 cm³/mol. The first-order valence-corrected chi connectivity index (χ1v) is 4.64. The summed E-state index contributed by atoms with van der Waals surface area (Å²) in [5.74, 6) is 0.111. The SMILES string of the molecule is CCC(=O)NCCN(C)CCOC. The van der Waals surface area contributed by atoms with Gasteiger partial charge >= 0.3 is 0 Å². The Morgan fingerprint density at radius 3 is 2.69 bits per heavy atom. The molecule has 0 rings (SSSR count). The molecule has 0 saturated heterocycles. The van der Waals surface area contributed by atoms with E-state index in [2.05, 4.69) is 10.2 Å². The number of nitrogens with zero attached hydrogens (tertiary/aromatic N) is 1. The highest BCUT2D eigenvalue weighted by Crippen LogP contribution is 1.81. The van der Waals surface area contributed by atoms with Gasteiger partial charge in [0.25, 0.3) is 0 Å². The first-order valence-electron chi connectivity index (χ1n) is 4.64. The highest BCUT2D eigenvalue weighted by molar-refractivity contribution is 5.75. The van der Waals surface area contributed by atoms with Crippen LogP contribution >= 0.6 is 0 Å². The number of carbonyl (C=O) groups excluding carboxylic acids is 1. The lowest BCUT2D eigenvalue weighted by Gasteiger charge is -2.15. The van der Waals surface area contributed by atoms with Crippen LogP contribution in [0.15, 0.2) is 0 Å². The third-order valence-electron chi connectivity index (χ3n) is 1.81. The molecule has 0 heterocycles. The Labute approximate surface area is 80.2 Å². The Balaban J connectivity index is 3.26.